The Balaban J connectivity index is 2.05. The van der Waals surface area contributed by atoms with Crippen LogP contribution >= 0.6 is 0 Å². The lowest BCUT2D eigenvalue weighted by Gasteiger charge is -2.37. The summed E-state index contributed by atoms with van der Waals surface area (Å²) in [6.07, 6.45) is 2.65. The largest absolute Gasteiger partial charge is 0.381 e. The Bertz CT molecular complexity index is 227. The van der Waals surface area contributed by atoms with Crippen LogP contribution in [0.5, 0.6) is 0 Å². The SMILES string of the molecule is CN1CC(C2CCCOC2)C(C(C)(C)C)C1. The quantitative estimate of drug-likeness (QED) is 0.680. The lowest BCUT2D eigenvalue weighted by molar-refractivity contribution is 0.0123. The maximum atomic E-state index is 5.67. The van der Waals surface area contributed by atoms with Gasteiger partial charge in [0.05, 0.1) is 0 Å². The summed E-state index contributed by atoms with van der Waals surface area (Å²) in [5, 5.41) is 0. The second-order valence-corrected chi connectivity index (χ2v) is 6.83. The maximum absolute atomic E-state index is 5.67. The molecule has 0 saturated carbocycles. The van der Waals surface area contributed by atoms with Gasteiger partial charge in [-0.05, 0) is 43.1 Å². The first-order chi connectivity index (χ1) is 7.48. The Labute approximate surface area is 100 Å². The molecule has 0 amide bonds. The van der Waals surface area contributed by atoms with Gasteiger partial charge >= 0.3 is 0 Å². The van der Waals surface area contributed by atoms with Crippen LogP contribution in [0.3, 0.4) is 0 Å². The van der Waals surface area contributed by atoms with Crippen LogP contribution in [0.25, 0.3) is 0 Å². The smallest absolute Gasteiger partial charge is 0.0497 e. The molecule has 0 aromatic heterocycles. The van der Waals surface area contributed by atoms with Crippen molar-refractivity contribution in [1.82, 2.24) is 4.90 Å². The Hall–Kier alpha value is -0.0800. The van der Waals surface area contributed by atoms with Crippen LogP contribution in [0.4, 0.5) is 0 Å². The second kappa shape index (κ2) is 4.66. The van der Waals surface area contributed by atoms with Crippen molar-refractivity contribution in [3.05, 3.63) is 0 Å². The average Bonchev–Trinajstić information content (AvgIpc) is 2.61. The number of hydrogen-bond acceptors (Lipinski definition) is 2. The van der Waals surface area contributed by atoms with Crippen LogP contribution in [0.2, 0.25) is 0 Å². The van der Waals surface area contributed by atoms with Crippen molar-refractivity contribution < 1.29 is 4.74 Å². The van der Waals surface area contributed by atoms with E-state index in [-0.39, 0.29) is 0 Å². The minimum absolute atomic E-state index is 0.437. The van der Waals surface area contributed by atoms with E-state index < -0.39 is 0 Å². The summed E-state index contributed by atoms with van der Waals surface area (Å²) in [6.45, 7) is 11.7. The van der Waals surface area contributed by atoms with Crippen molar-refractivity contribution in [3.8, 4) is 0 Å². The molecular formula is C14H27NO. The van der Waals surface area contributed by atoms with Crippen LogP contribution < -0.4 is 0 Å². The van der Waals surface area contributed by atoms with Crippen LogP contribution in [0, 0.1) is 23.2 Å². The van der Waals surface area contributed by atoms with E-state index in [0.717, 1.165) is 31.0 Å². The number of likely N-dealkylation sites (tertiary alicyclic amines) is 1. The molecule has 0 bridgehead atoms. The number of ether oxygens (including phenoxy) is 1. The summed E-state index contributed by atoms with van der Waals surface area (Å²) in [6, 6.07) is 0. The van der Waals surface area contributed by atoms with Crippen molar-refractivity contribution >= 4 is 0 Å². The molecule has 2 nitrogen and oxygen atoms in total. The van der Waals surface area contributed by atoms with Gasteiger partial charge in [0.1, 0.15) is 0 Å². The predicted octanol–water partition coefficient (Wildman–Crippen LogP) is 2.64. The predicted molar refractivity (Wildman–Crippen MR) is 67.5 cm³/mol. The molecule has 3 unspecified atom stereocenters. The maximum Gasteiger partial charge on any atom is 0.0497 e. The molecule has 0 spiro atoms. The van der Waals surface area contributed by atoms with Gasteiger partial charge in [-0.3, -0.25) is 0 Å². The van der Waals surface area contributed by atoms with Gasteiger partial charge in [0.2, 0.25) is 0 Å². The van der Waals surface area contributed by atoms with E-state index in [2.05, 4.69) is 32.7 Å². The summed E-state index contributed by atoms with van der Waals surface area (Å²) in [7, 11) is 2.27. The summed E-state index contributed by atoms with van der Waals surface area (Å²) in [4.78, 5) is 2.51. The van der Waals surface area contributed by atoms with Crippen molar-refractivity contribution in [2.24, 2.45) is 23.2 Å². The lowest BCUT2D eigenvalue weighted by atomic mass is 9.69. The van der Waals surface area contributed by atoms with Gasteiger partial charge in [-0.1, -0.05) is 20.8 Å². The first-order valence-corrected chi connectivity index (χ1v) is 6.75. The van der Waals surface area contributed by atoms with E-state index in [1.807, 2.05) is 0 Å². The molecule has 2 heterocycles. The normalized spacial score (nSPS) is 37.9. The minimum atomic E-state index is 0.437. The van der Waals surface area contributed by atoms with E-state index in [4.69, 9.17) is 4.74 Å². The molecule has 0 aromatic rings. The molecule has 3 atom stereocenters. The molecule has 0 radical (unpaired) electrons. The molecule has 0 aromatic carbocycles. The third-order valence-electron chi connectivity index (χ3n) is 4.46. The molecule has 2 fully saturated rings. The molecule has 2 aliphatic heterocycles. The van der Waals surface area contributed by atoms with Gasteiger partial charge in [0.15, 0.2) is 0 Å². The highest BCUT2D eigenvalue weighted by molar-refractivity contribution is 4.93. The highest BCUT2D eigenvalue weighted by atomic mass is 16.5. The van der Waals surface area contributed by atoms with Crippen LogP contribution in [-0.4, -0.2) is 38.3 Å². The van der Waals surface area contributed by atoms with E-state index in [9.17, 15) is 0 Å². The fourth-order valence-electron chi connectivity index (χ4n) is 3.53. The molecule has 94 valence electrons. The molecular weight excluding hydrogens is 198 g/mol. The molecule has 0 N–H and O–H groups in total. The van der Waals surface area contributed by atoms with Gasteiger partial charge in [-0.25, -0.2) is 0 Å². The van der Waals surface area contributed by atoms with Gasteiger partial charge < -0.3 is 9.64 Å². The summed E-state index contributed by atoms with van der Waals surface area (Å²) >= 11 is 0. The zero-order valence-corrected chi connectivity index (χ0v) is 11.3. The van der Waals surface area contributed by atoms with E-state index in [1.54, 1.807) is 0 Å². The first kappa shape index (κ1) is 12.4. The fraction of sp³-hybridized carbons (Fsp3) is 1.00. The number of hydrogen-bond donors (Lipinski definition) is 0. The number of nitrogens with zero attached hydrogens (tertiary/aromatic N) is 1. The molecule has 2 saturated heterocycles. The van der Waals surface area contributed by atoms with Gasteiger partial charge in [0.25, 0.3) is 0 Å². The van der Waals surface area contributed by atoms with Gasteiger partial charge in [0, 0.05) is 26.3 Å². The topological polar surface area (TPSA) is 12.5 Å². The van der Waals surface area contributed by atoms with Crippen molar-refractivity contribution in [1.29, 1.82) is 0 Å². The Kier molecular flexibility index (Phi) is 3.60. The molecule has 16 heavy (non-hydrogen) atoms. The van der Waals surface area contributed by atoms with E-state index >= 15 is 0 Å². The summed E-state index contributed by atoms with van der Waals surface area (Å²) in [5.41, 5.74) is 0.437. The highest BCUT2D eigenvalue weighted by Crippen LogP contribution is 2.42. The molecule has 0 aliphatic carbocycles. The minimum Gasteiger partial charge on any atom is -0.381 e. The lowest BCUT2D eigenvalue weighted by Crippen LogP contribution is -2.35. The second-order valence-electron chi connectivity index (χ2n) is 6.83. The third-order valence-corrected chi connectivity index (χ3v) is 4.46. The van der Waals surface area contributed by atoms with Crippen molar-refractivity contribution in [2.45, 2.75) is 33.6 Å². The Morgan fingerprint density at radius 2 is 1.94 bits per heavy atom. The molecule has 2 aliphatic rings. The standard InChI is InChI=1S/C14H27NO/c1-14(2,3)13-9-15(4)8-12(13)11-6-5-7-16-10-11/h11-13H,5-10H2,1-4H3. The monoisotopic (exact) mass is 225 g/mol. The van der Waals surface area contributed by atoms with E-state index in [1.165, 1.54) is 25.9 Å². The first-order valence-electron chi connectivity index (χ1n) is 6.75. The van der Waals surface area contributed by atoms with Gasteiger partial charge in [-0.2, -0.15) is 0 Å². The van der Waals surface area contributed by atoms with Crippen LogP contribution in [0.1, 0.15) is 33.6 Å². The average molecular weight is 225 g/mol. The highest BCUT2D eigenvalue weighted by Gasteiger charge is 2.42. The Morgan fingerprint density at radius 3 is 2.50 bits per heavy atom. The third kappa shape index (κ3) is 2.60. The fourth-order valence-corrected chi connectivity index (χ4v) is 3.53. The van der Waals surface area contributed by atoms with Crippen LogP contribution in [0.15, 0.2) is 0 Å². The summed E-state index contributed by atoms with van der Waals surface area (Å²) < 4.78 is 5.67. The van der Waals surface area contributed by atoms with Crippen molar-refractivity contribution in [3.63, 3.8) is 0 Å². The zero-order valence-electron chi connectivity index (χ0n) is 11.3. The molecule has 2 heteroatoms. The van der Waals surface area contributed by atoms with E-state index in [0.29, 0.717) is 5.41 Å². The Morgan fingerprint density at radius 1 is 1.19 bits per heavy atom. The summed E-state index contributed by atoms with van der Waals surface area (Å²) in [5.74, 6) is 2.50. The zero-order chi connectivity index (χ0) is 11.8. The molecule has 2 rings (SSSR count). The van der Waals surface area contributed by atoms with Gasteiger partial charge in [-0.15, -0.1) is 0 Å². The van der Waals surface area contributed by atoms with Crippen LogP contribution in [-0.2, 0) is 4.74 Å². The van der Waals surface area contributed by atoms with Crippen molar-refractivity contribution in [2.75, 3.05) is 33.4 Å². The number of rotatable bonds is 1.